The maximum Gasteiger partial charge on any atom is 0.257 e. The standard InChI is InChI=1S/C48H59F5N2O4/c1-3-5-7-9-11-13-26-55(27-14-12-10-8-6-4-2)31-39-29-40(36-20-18-33(32-56)19-21-36)59-48(58-39)37-24-22-35(23-25-37)38-17-15-16-34(28-38)30-54-47(57)41-42(49)44(51)46(53)45(52)43(41)50/h15-25,28,39-40,48,56H,3-14,26-27,29-32H2,1-2H3,(H,54,57)/t39-,40+,48+/m1/s1. The van der Waals surface area contributed by atoms with Crippen LogP contribution in [0.3, 0.4) is 0 Å². The van der Waals surface area contributed by atoms with Crippen LogP contribution in [0.5, 0.6) is 0 Å². The number of amides is 1. The number of hydrogen-bond acceptors (Lipinski definition) is 5. The summed E-state index contributed by atoms with van der Waals surface area (Å²) in [5.74, 6) is -12.5. The molecule has 4 aromatic carbocycles. The second kappa shape index (κ2) is 23.6. The van der Waals surface area contributed by atoms with Crippen LogP contribution in [-0.2, 0) is 22.6 Å². The number of carbonyl (C=O) groups excluding carboxylic acids is 1. The van der Waals surface area contributed by atoms with Crippen LogP contribution in [0.2, 0.25) is 0 Å². The molecule has 6 nitrogen and oxygen atoms in total. The molecule has 1 aliphatic heterocycles. The summed E-state index contributed by atoms with van der Waals surface area (Å²) < 4.78 is 82.7. The van der Waals surface area contributed by atoms with Gasteiger partial charge in [0.25, 0.3) is 5.91 Å². The molecular weight excluding hydrogens is 764 g/mol. The van der Waals surface area contributed by atoms with Gasteiger partial charge in [0.15, 0.2) is 29.6 Å². The number of benzene rings is 4. The third-order valence-corrected chi connectivity index (χ3v) is 11.1. The molecule has 2 N–H and O–H groups in total. The second-order valence-corrected chi connectivity index (χ2v) is 15.6. The Morgan fingerprint density at radius 3 is 1.81 bits per heavy atom. The van der Waals surface area contributed by atoms with Gasteiger partial charge >= 0.3 is 0 Å². The van der Waals surface area contributed by atoms with Crippen LogP contribution in [0, 0.1) is 29.1 Å². The van der Waals surface area contributed by atoms with Gasteiger partial charge in [0.1, 0.15) is 5.56 Å². The number of hydrogen-bond donors (Lipinski definition) is 2. The molecule has 1 amide bonds. The van der Waals surface area contributed by atoms with E-state index < -0.39 is 46.8 Å². The largest absolute Gasteiger partial charge is 0.392 e. The minimum Gasteiger partial charge on any atom is -0.392 e. The van der Waals surface area contributed by atoms with Gasteiger partial charge in [-0.3, -0.25) is 4.79 Å². The summed E-state index contributed by atoms with van der Waals surface area (Å²) in [5.41, 5.74) is 3.35. The molecule has 1 heterocycles. The number of aliphatic hydroxyl groups excluding tert-OH is 1. The van der Waals surface area contributed by atoms with Crippen molar-refractivity contribution in [3.63, 3.8) is 0 Å². The highest BCUT2D eigenvalue weighted by Crippen LogP contribution is 2.39. The van der Waals surface area contributed by atoms with Crippen molar-refractivity contribution < 1.29 is 41.3 Å². The Bertz CT molecular complexity index is 1860. The first-order valence-electron chi connectivity index (χ1n) is 21.3. The summed E-state index contributed by atoms with van der Waals surface area (Å²) in [4.78, 5) is 15.1. The predicted octanol–water partition coefficient (Wildman–Crippen LogP) is 12.0. The normalized spacial score (nSPS) is 16.8. The summed E-state index contributed by atoms with van der Waals surface area (Å²) in [5, 5.41) is 11.9. The number of aliphatic hydroxyl groups is 1. The molecule has 0 radical (unpaired) electrons. The molecule has 1 aliphatic rings. The van der Waals surface area contributed by atoms with Crippen LogP contribution >= 0.6 is 0 Å². The van der Waals surface area contributed by atoms with E-state index in [1.165, 1.54) is 77.0 Å². The number of nitrogens with one attached hydrogen (secondary N) is 1. The Morgan fingerprint density at radius 1 is 0.661 bits per heavy atom. The van der Waals surface area contributed by atoms with E-state index in [-0.39, 0.29) is 25.4 Å². The lowest BCUT2D eigenvalue weighted by atomic mass is 9.98. The lowest BCUT2D eigenvalue weighted by molar-refractivity contribution is -0.253. The van der Waals surface area contributed by atoms with E-state index in [2.05, 4.69) is 24.1 Å². The fourth-order valence-electron chi connectivity index (χ4n) is 7.62. The number of carbonyl (C=O) groups is 1. The number of nitrogens with zero attached hydrogens (tertiary/aromatic N) is 1. The topological polar surface area (TPSA) is 71.0 Å². The van der Waals surface area contributed by atoms with Gasteiger partial charge in [-0.25, -0.2) is 22.0 Å². The zero-order chi connectivity index (χ0) is 42.1. The lowest BCUT2D eigenvalue weighted by Gasteiger charge is -2.38. The van der Waals surface area contributed by atoms with Crippen molar-refractivity contribution in [2.24, 2.45) is 0 Å². The first kappa shape index (κ1) is 45.9. The van der Waals surface area contributed by atoms with Crippen molar-refractivity contribution in [3.8, 4) is 11.1 Å². The molecule has 1 saturated heterocycles. The van der Waals surface area contributed by atoms with Crippen molar-refractivity contribution >= 4 is 5.91 Å². The van der Waals surface area contributed by atoms with E-state index in [4.69, 9.17) is 9.47 Å². The highest BCUT2D eigenvalue weighted by molar-refractivity contribution is 5.94. The maximum absolute atomic E-state index is 14.2. The Kier molecular flexibility index (Phi) is 18.4. The highest BCUT2D eigenvalue weighted by atomic mass is 19.2. The van der Waals surface area contributed by atoms with E-state index in [1.807, 2.05) is 54.6 Å². The Hall–Kier alpha value is -4.16. The van der Waals surface area contributed by atoms with Crippen LogP contribution in [-0.4, -0.2) is 41.7 Å². The number of halogens is 5. The molecule has 320 valence electrons. The lowest BCUT2D eigenvalue weighted by Crippen LogP contribution is -2.40. The molecule has 59 heavy (non-hydrogen) atoms. The third kappa shape index (κ3) is 13.2. The van der Waals surface area contributed by atoms with Crippen molar-refractivity contribution in [1.29, 1.82) is 0 Å². The molecule has 11 heteroatoms. The summed E-state index contributed by atoms with van der Waals surface area (Å²) in [6.45, 7) is 7.11. The zero-order valence-electron chi connectivity index (χ0n) is 34.4. The highest BCUT2D eigenvalue weighted by Gasteiger charge is 2.33. The monoisotopic (exact) mass is 822 g/mol. The first-order valence-corrected chi connectivity index (χ1v) is 21.3. The molecule has 5 rings (SSSR count). The van der Waals surface area contributed by atoms with Crippen LogP contribution in [0.15, 0.2) is 72.8 Å². The third-order valence-electron chi connectivity index (χ3n) is 11.1. The minimum absolute atomic E-state index is 0.0334. The summed E-state index contributed by atoms with van der Waals surface area (Å²) in [6, 6.07) is 22.7. The number of ether oxygens (including phenoxy) is 2. The van der Waals surface area contributed by atoms with Crippen molar-refractivity contribution in [1.82, 2.24) is 10.2 Å². The molecule has 0 bridgehead atoms. The summed E-state index contributed by atoms with van der Waals surface area (Å²) >= 11 is 0. The van der Waals surface area contributed by atoms with Crippen LogP contribution in [0.1, 0.15) is 142 Å². The van der Waals surface area contributed by atoms with Crippen molar-refractivity contribution in [3.05, 3.63) is 130 Å². The zero-order valence-corrected chi connectivity index (χ0v) is 34.4. The van der Waals surface area contributed by atoms with Gasteiger partial charge in [0.2, 0.25) is 5.82 Å². The molecule has 0 spiro atoms. The fraction of sp³-hybridized carbons (Fsp3) is 0.479. The summed E-state index contributed by atoms with van der Waals surface area (Å²) in [7, 11) is 0. The SMILES string of the molecule is CCCCCCCCN(CCCCCCCC)C[C@H]1C[C@@H](c2ccc(CO)cc2)O[C@@H](c2ccc(-c3cccc(CNC(=O)c4c(F)c(F)c(F)c(F)c4F)c3)cc2)O1. The quantitative estimate of drug-likeness (QED) is 0.0337. The predicted molar refractivity (Wildman–Crippen MR) is 221 cm³/mol. The molecule has 0 saturated carbocycles. The van der Waals surface area contributed by atoms with E-state index in [1.54, 1.807) is 18.2 Å². The van der Waals surface area contributed by atoms with Gasteiger partial charge in [-0.2, -0.15) is 0 Å². The Labute approximate surface area is 346 Å². The maximum atomic E-state index is 14.2. The van der Waals surface area contributed by atoms with E-state index in [9.17, 15) is 31.9 Å². The van der Waals surface area contributed by atoms with Gasteiger partial charge in [-0.1, -0.05) is 145 Å². The molecular formula is C48H59F5N2O4. The number of rotatable bonds is 23. The van der Waals surface area contributed by atoms with Gasteiger partial charge in [-0.05, 0) is 59.8 Å². The van der Waals surface area contributed by atoms with Crippen molar-refractivity contribution in [2.45, 2.75) is 129 Å². The second-order valence-electron chi connectivity index (χ2n) is 15.6. The number of unbranched alkanes of at least 4 members (excludes halogenated alkanes) is 10. The molecule has 0 aliphatic carbocycles. The minimum atomic E-state index is -2.32. The first-order chi connectivity index (χ1) is 28.6. The molecule has 1 fully saturated rings. The molecule has 3 atom stereocenters. The molecule has 0 aromatic heterocycles. The van der Waals surface area contributed by atoms with E-state index >= 15 is 0 Å². The van der Waals surface area contributed by atoms with Gasteiger partial charge in [0, 0.05) is 25.1 Å². The Balaban J connectivity index is 1.29. The van der Waals surface area contributed by atoms with E-state index in [0.29, 0.717) is 12.0 Å². The van der Waals surface area contributed by atoms with Gasteiger partial charge in [0.05, 0.1) is 18.8 Å². The van der Waals surface area contributed by atoms with Crippen LogP contribution in [0.4, 0.5) is 22.0 Å². The van der Waals surface area contributed by atoms with Gasteiger partial charge < -0.3 is 24.8 Å². The molecule has 0 unspecified atom stereocenters. The van der Waals surface area contributed by atoms with Gasteiger partial charge in [-0.15, -0.1) is 0 Å². The van der Waals surface area contributed by atoms with Crippen molar-refractivity contribution in [2.75, 3.05) is 19.6 Å². The Morgan fingerprint density at radius 2 is 1.22 bits per heavy atom. The molecule has 4 aromatic rings. The average molecular weight is 823 g/mol. The summed E-state index contributed by atoms with van der Waals surface area (Å²) in [6.07, 6.45) is 14.7. The fourth-order valence-corrected chi connectivity index (χ4v) is 7.62. The smallest absolute Gasteiger partial charge is 0.257 e. The van der Waals surface area contributed by atoms with Crippen LogP contribution < -0.4 is 5.32 Å². The average Bonchev–Trinajstić information content (AvgIpc) is 3.26. The van der Waals surface area contributed by atoms with Crippen LogP contribution in [0.25, 0.3) is 11.1 Å². The van der Waals surface area contributed by atoms with E-state index in [0.717, 1.165) is 47.5 Å².